The SMILES string of the molecule is N#Cc1ccc(-c2nc3ccc(-c4cccc(N5c6ccccc6-n6c7ccccc7c7cccc5c76)c4)nc3o2)cc1. The van der Waals surface area contributed by atoms with Crippen molar-refractivity contribution in [2.24, 2.45) is 0 Å². The van der Waals surface area contributed by atoms with E-state index in [1.807, 2.05) is 24.3 Å². The van der Waals surface area contributed by atoms with Crippen LogP contribution >= 0.6 is 0 Å². The van der Waals surface area contributed by atoms with Gasteiger partial charge in [0.1, 0.15) is 5.52 Å². The highest BCUT2D eigenvalue weighted by Gasteiger charge is 2.28. The smallest absolute Gasteiger partial charge is 0.247 e. The molecule has 4 heterocycles. The zero-order chi connectivity index (χ0) is 28.5. The fraction of sp³-hybridized carbons (Fsp3) is 0. The van der Waals surface area contributed by atoms with E-state index in [9.17, 15) is 0 Å². The zero-order valence-electron chi connectivity index (χ0n) is 22.8. The van der Waals surface area contributed by atoms with Crippen LogP contribution in [0.4, 0.5) is 17.1 Å². The van der Waals surface area contributed by atoms with Crippen LogP contribution in [0.25, 0.3) is 61.4 Å². The van der Waals surface area contributed by atoms with E-state index in [2.05, 4.69) is 112 Å². The molecule has 5 aromatic carbocycles. The van der Waals surface area contributed by atoms with Crippen molar-refractivity contribution in [3.63, 3.8) is 0 Å². The lowest BCUT2D eigenvalue weighted by Crippen LogP contribution is -2.18. The standard InChI is InChI=1S/C37H21N5O/c38-22-23-15-17-24(18-16-23)36-40-30-20-19-29(39-37(30)43-36)25-7-5-8-26(21-25)41-32-12-3-4-13-33(32)42-31-11-2-1-9-27(31)28-10-6-14-34(41)35(28)42/h1-21H. The summed E-state index contributed by atoms with van der Waals surface area (Å²) in [5.41, 5.74) is 11.2. The maximum absolute atomic E-state index is 9.11. The third kappa shape index (κ3) is 3.46. The molecule has 0 N–H and O–H groups in total. The Morgan fingerprint density at radius 2 is 1.40 bits per heavy atom. The number of rotatable bonds is 3. The van der Waals surface area contributed by atoms with Gasteiger partial charge in [0, 0.05) is 27.6 Å². The van der Waals surface area contributed by atoms with E-state index in [0.717, 1.165) is 39.6 Å². The lowest BCUT2D eigenvalue weighted by Gasteiger charge is -2.33. The van der Waals surface area contributed by atoms with Crippen molar-refractivity contribution in [3.8, 4) is 34.5 Å². The molecule has 43 heavy (non-hydrogen) atoms. The highest BCUT2D eigenvalue weighted by molar-refractivity contribution is 6.16. The number of hydrogen-bond donors (Lipinski definition) is 0. The van der Waals surface area contributed by atoms with Crippen LogP contribution in [0, 0.1) is 11.3 Å². The summed E-state index contributed by atoms with van der Waals surface area (Å²) in [6.45, 7) is 0. The third-order valence-electron chi connectivity index (χ3n) is 8.19. The Kier molecular flexibility index (Phi) is 4.87. The molecule has 0 saturated carbocycles. The summed E-state index contributed by atoms with van der Waals surface area (Å²) in [4.78, 5) is 11.8. The Hall–Kier alpha value is -6.19. The molecule has 0 aliphatic carbocycles. The van der Waals surface area contributed by atoms with E-state index in [-0.39, 0.29) is 0 Å². The van der Waals surface area contributed by atoms with Gasteiger partial charge in [-0.15, -0.1) is 0 Å². The molecule has 0 radical (unpaired) electrons. The number of hydrogen-bond acceptors (Lipinski definition) is 5. The second-order valence-corrected chi connectivity index (χ2v) is 10.6. The minimum absolute atomic E-state index is 0.472. The predicted molar refractivity (Wildman–Crippen MR) is 170 cm³/mol. The van der Waals surface area contributed by atoms with Crippen LogP contribution in [-0.4, -0.2) is 14.5 Å². The van der Waals surface area contributed by atoms with Gasteiger partial charge in [-0.2, -0.15) is 5.26 Å². The minimum Gasteiger partial charge on any atom is -0.418 e. The molecule has 0 amide bonds. The molecule has 0 atom stereocenters. The molecule has 6 nitrogen and oxygen atoms in total. The summed E-state index contributed by atoms with van der Waals surface area (Å²) >= 11 is 0. The molecule has 3 aromatic heterocycles. The molecule has 0 bridgehead atoms. The van der Waals surface area contributed by atoms with E-state index in [1.165, 1.54) is 21.8 Å². The summed E-state index contributed by atoms with van der Waals surface area (Å²) in [5, 5.41) is 11.6. The first-order chi connectivity index (χ1) is 21.3. The van der Waals surface area contributed by atoms with Gasteiger partial charge in [-0.25, -0.2) is 9.97 Å². The fourth-order valence-electron chi connectivity index (χ4n) is 6.27. The van der Waals surface area contributed by atoms with Crippen LogP contribution in [0.2, 0.25) is 0 Å². The van der Waals surface area contributed by atoms with E-state index >= 15 is 0 Å². The molecule has 1 aliphatic heterocycles. The number of para-hydroxylation sites is 4. The molecule has 8 aromatic rings. The van der Waals surface area contributed by atoms with Crippen LogP contribution < -0.4 is 4.90 Å². The molecule has 0 saturated heterocycles. The number of pyridine rings is 1. The van der Waals surface area contributed by atoms with Gasteiger partial charge in [-0.1, -0.05) is 54.6 Å². The van der Waals surface area contributed by atoms with Crippen molar-refractivity contribution in [1.82, 2.24) is 14.5 Å². The number of nitriles is 1. The summed E-state index contributed by atoms with van der Waals surface area (Å²) in [6, 6.07) is 45.5. The summed E-state index contributed by atoms with van der Waals surface area (Å²) in [6.07, 6.45) is 0. The van der Waals surface area contributed by atoms with Crippen LogP contribution in [0.5, 0.6) is 0 Å². The van der Waals surface area contributed by atoms with Gasteiger partial charge >= 0.3 is 0 Å². The molecule has 6 heteroatoms. The lowest BCUT2D eigenvalue weighted by atomic mass is 10.1. The molecule has 9 rings (SSSR count). The van der Waals surface area contributed by atoms with Gasteiger partial charge in [0.15, 0.2) is 0 Å². The lowest BCUT2D eigenvalue weighted by molar-refractivity contribution is 0.608. The average molecular weight is 552 g/mol. The normalized spacial score (nSPS) is 12.1. The Morgan fingerprint density at radius 3 is 2.28 bits per heavy atom. The van der Waals surface area contributed by atoms with Gasteiger partial charge in [-0.3, -0.25) is 0 Å². The number of oxazole rings is 1. The maximum atomic E-state index is 9.11. The second-order valence-electron chi connectivity index (χ2n) is 10.6. The Bertz CT molecular complexity index is 2430. The largest absolute Gasteiger partial charge is 0.418 e. The Balaban J connectivity index is 1.18. The van der Waals surface area contributed by atoms with Crippen molar-refractivity contribution in [3.05, 3.63) is 133 Å². The van der Waals surface area contributed by atoms with Crippen molar-refractivity contribution in [1.29, 1.82) is 5.26 Å². The Morgan fingerprint density at radius 1 is 0.628 bits per heavy atom. The second kappa shape index (κ2) is 8.90. The predicted octanol–water partition coefficient (Wildman–Crippen LogP) is 9.31. The van der Waals surface area contributed by atoms with Crippen molar-refractivity contribution in [2.45, 2.75) is 0 Å². The fourth-order valence-corrected chi connectivity index (χ4v) is 6.27. The average Bonchev–Trinajstić information content (AvgIpc) is 3.65. The topological polar surface area (TPSA) is 70.9 Å². The molecule has 200 valence electrons. The quantitative estimate of drug-likeness (QED) is 0.219. The first-order valence-electron chi connectivity index (χ1n) is 14.1. The van der Waals surface area contributed by atoms with Gasteiger partial charge in [0.05, 0.1) is 45.4 Å². The van der Waals surface area contributed by atoms with Crippen LogP contribution in [0.3, 0.4) is 0 Å². The molecule has 1 aliphatic rings. The molecular weight excluding hydrogens is 530 g/mol. The number of fused-ring (bicyclic) bond motifs is 6. The highest BCUT2D eigenvalue weighted by Crippen LogP contribution is 2.49. The summed E-state index contributed by atoms with van der Waals surface area (Å²) in [5.74, 6) is 0.478. The van der Waals surface area contributed by atoms with E-state index in [0.29, 0.717) is 22.7 Å². The first kappa shape index (κ1) is 23.5. The minimum atomic E-state index is 0.472. The highest BCUT2D eigenvalue weighted by atomic mass is 16.4. The number of aromatic nitrogens is 3. The van der Waals surface area contributed by atoms with Gasteiger partial charge in [-0.05, 0) is 72.8 Å². The van der Waals surface area contributed by atoms with Crippen molar-refractivity contribution < 1.29 is 4.42 Å². The Labute approximate surface area is 246 Å². The molecule has 0 spiro atoms. The van der Waals surface area contributed by atoms with Crippen LogP contribution in [-0.2, 0) is 0 Å². The van der Waals surface area contributed by atoms with Crippen molar-refractivity contribution in [2.75, 3.05) is 4.90 Å². The van der Waals surface area contributed by atoms with Crippen LogP contribution in [0.1, 0.15) is 5.56 Å². The number of benzene rings is 5. The van der Waals surface area contributed by atoms with Gasteiger partial charge < -0.3 is 13.9 Å². The molecule has 0 unspecified atom stereocenters. The summed E-state index contributed by atoms with van der Waals surface area (Å²) < 4.78 is 8.46. The zero-order valence-corrected chi connectivity index (χ0v) is 22.8. The van der Waals surface area contributed by atoms with Gasteiger partial charge in [0.2, 0.25) is 11.6 Å². The summed E-state index contributed by atoms with van der Waals surface area (Å²) in [7, 11) is 0. The number of nitrogens with zero attached hydrogens (tertiary/aromatic N) is 5. The molecular formula is C37H21N5O. The number of anilines is 3. The monoisotopic (exact) mass is 551 g/mol. The van der Waals surface area contributed by atoms with E-state index in [4.69, 9.17) is 14.7 Å². The van der Waals surface area contributed by atoms with Crippen LogP contribution in [0.15, 0.2) is 132 Å². The van der Waals surface area contributed by atoms with Crippen molar-refractivity contribution >= 4 is 50.1 Å². The first-order valence-corrected chi connectivity index (χ1v) is 14.1. The van der Waals surface area contributed by atoms with E-state index < -0.39 is 0 Å². The van der Waals surface area contributed by atoms with E-state index in [1.54, 1.807) is 12.1 Å². The molecule has 0 fully saturated rings. The third-order valence-corrected chi connectivity index (χ3v) is 8.19. The maximum Gasteiger partial charge on any atom is 0.247 e. The van der Waals surface area contributed by atoms with Gasteiger partial charge in [0.25, 0.3) is 0 Å².